The van der Waals surface area contributed by atoms with Gasteiger partial charge in [-0.3, -0.25) is 11.7 Å². The molecule has 0 aliphatic heterocycles. The van der Waals surface area contributed by atoms with Crippen LogP contribution in [0.3, 0.4) is 0 Å². The molecule has 0 aliphatic carbocycles. The van der Waals surface area contributed by atoms with Crippen molar-refractivity contribution in [2.75, 3.05) is 0 Å². The van der Waals surface area contributed by atoms with E-state index in [0.29, 0.717) is 0 Å². The molecule has 18 heavy (non-hydrogen) atoms. The van der Waals surface area contributed by atoms with Gasteiger partial charge in [0, 0.05) is 0 Å². The molecule has 18 nitrogen and oxygen atoms in total. The topological polar surface area (TPSA) is 358 Å². The Morgan fingerprint density at radius 3 is 0.667 bits per heavy atom. The second-order valence-electron chi connectivity index (χ2n) is 0.714. The third-order valence-corrected chi connectivity index (χ3v) is 0. The van der Waals surface area contributed by atoms with Gasteiger partial charge in [0.2, 0.25) is 0 Å². The lowest BCUT2D eigenvalue weighted by Crippen LogP contribution is -2.02. The van der Waals surface area contributed by atoms with Gasteiger partial charge in [-0.1, -0.05) is 0 Å². The van der Waals surface area contributed by atoms with Crippen molar-refractivity contribution in [1.29, 1.82) is 0 Å². The molecule has 0 radical (unpaired) electrons. The minimum atomic E-state index is -1.50. The summed E-state index contributed by atoms with van der Waals surface area (Å²) in [5.41, 5.74) is 0. The fourth-order valence-electron chi connectivity index (χ4n) is 0. The molecule has 0 saturated heterocycles. The molecule has 0 aromatic carbocycles. The van der Waals surface area contributed by atoms with Gasteiger partial charge in [-0.25, -0.2) is 5.90 Å². The van der Waals surface area contributed by atoms with Gasteiger partial charge in [-0.15, -0.1) is 30.3 Å². The van der Waals surface area contributed by atoms with Crippen molar-refractivity contribution in [1.82, 2.24) is 12.3 Å². The maximum absolute atomic E-state index is 8.36. The van der Waals surface area contributed by atoms with Crippen LogP contribution in [0, 0.1) is 30.3 Å². The summed E-state index contributed by atoms with van der Waals surface area (Å²) >= 11 is 0. The van der Waals surface area contributed by atoms with Crippen LogP contribution in [0.25, 0.3) is 0 Å². The number of hydrogen-bond donors (Lipinski definition) is 9. The number of hydrazine groups is 1. The van der Waals surface area contributed by atoms with Gasteiger partial charge in [0.05, 0.1) is 0 Å². The van der Waals surface area contributed by atoms with Crippen LogP contribution in [0.1, 0.15) is 0 Å². The quantitative estimate of drug-likeness (QED) is 0.125. The summed E-state index contributed by atoms with van der Waals surface area (Å²) in [6.45, 7) is 0. The highest BCUT2D eigenvalue weighted by Crippen LogP contribution is 1.39. The fourth-order valence-corrected chi connectivity index (χ4v) is 0. The number of hydrogen-bond acceptors (Lipinski definition) is 12. The third-order valence-electron chi connectivity index (χ3n) is 0. The normalized spacial score (nSPS) is 4.67. The Morgan fingerprint density at radius 1 is 0.667 bits per heavy atom. The molecule has 0 unspecified atom stereocenters. The molecular weight excluding hydrogens is 272 g/mol. The Balaban J connectivity index is -0.0000000169. The van der Waals surface area contributed by atoms with Crippen LogP contribution in [0.5, 0.6) is 0 Å². The Kier molecular flexibility index (Phi) is 160. The molecule has 0 bridgehead atoms. The van der Waals surface area contributed by atoms with Crippen molar-refractivity contribution in [3.05, 3.63) is 30.3 Å². The summed E-state index contributed by atoms with van der Waals surface area (Å²) in [6, 6.07) is 0. The van der Waals surface area contributed by atoms with Crippen molar-refractivity contribution in [3.63, 3.8) is 0 Å². The molecule has 0 saturated carbocycles. The molecule has 0 aromatic rings. The lowest BCUT2D eigenvalue weighted by atomic mass is 13.0. The van der Waals surface area contributed by atoms with E-state index in [1.54, 1.807) is 0 Å². The molecule has 0 heterocycles. The molecule has 116 valence electrons. The minimum absolute atomic E-state index is 0. The van der Waals surface area contributed by atoms with E-state index in [2.05, 4.69) is 17.6 Å². The van der Waals surface area contributed by atoms with E-state index in [0.717, 1.165) is 0 Å². The lowest BCUT2D eigenvalue weighted by Gasteiger charge is -1.56. The fraction of sp³-hybridized carbons (Fsp3) is 0. The molecule has 0 rings (SSSR count). The zero-order valence-electron chi connectivity index (χ0n) is 8.73. The van der Waals surface area contributed by atoms with Crippen LogP contribution in [0.15, 0.2) is 0 Å². The molecule has 0 amide bonds. The average molecular weight is 288 g/mol. The first-order valence-corrected chi connectivity index (χ1v) is 2.29. The Hall–Kier alpha value is -2.64. The van der Waals surface area contributed by atoms with E-state index in [1.165, 1.54) is 0 Å². The van der Waals surface area contributed by atoms with Gasteiger partial charge >= 0.3 is 0 Å². The smallest absolute Gasteiger partial charge is 0.291 e. The Labute approximate surface area is 97.6 Å². The highest BCUT2D eigenvalue weighted by molar-refractivity contribution is 3.84. The molecular formula is H16N8O10. The van der Waals surface area contributed by atoms with Gasteiger partial charge in [-0.05, 0) is 0 Å². The molecule has 0 atom stereocenters. The molecule has 0 spiro atoms. The largest absolute Gasteiger partial charge is 0.344 e. The second-order valence-corrected chi connectivity index (χ2v) is 0.714. The van der Waals surface area contributed by atoms with Crippen LogP contribution < -0.4 is 29.9 Å². The van der Waals surface area contributed by atoms with Crippen molar-refractivity contribution < 1.29 is 36.1 Å². The van der Waals surface area contributed by atoms with E-state index in [4.69, 9.17) is 51.2 Å². The van der Waals surface area contributed by atoms with E-state index >= 15 is 0 Å². The van der Waals surface area contributed by atoms with Gasteiger partial charge in [-0.2, -0.15) is 0 Å². The predicted octanol–water partition coefficient (Wildman–Crippen LogP) is -2.57. The monoisotopic (exact) mass is 288 g/mol. The molecule has 0 aromatic heterocycles. The standard InChI is InChI=1S/H4N2.3HNO3.H3NO.2H3N/c1-2;3*2-1(3)4;1-2;;/h1-2H2;3*(H,2,3,4);2H,1H2;2*1H3. The van der Waals surface area contributed by atoms with Crippen LogP contribution in [0.2, 0.25) is 0 Å². The zero-order chi connectivity index (χ0) is 14.7. The summed E-state index contributed by atoms with van der Waals surface area (Å²) in [6.07, 6.45) is 0. The third kappa shape index (κ3) is 293. The first kappa shape index (κ1) is 45.3. The van der Waals surface area contributed by atoms with Crippen molar-refractivity contribution in [3.8, 4) is 0 Å². The number of nitrogens with two attached hydrogens (primary N) is 3. The Morgan fingerprint density at radius 2 is 0.667 bits per heavy atom. The molecule has 0 aliphatic rings. The van der Waals surface area contributed by atoms with Gasteiger partial charge in [0.25, 0.3) is 15.3 Å². The lowest BCUT2D eigenvalue weighted by molar-refractivity contribution is -0.742. The highest BCUT2D eigenvalue weighted by Gasteiger charge is 1.66. The summed E-state index contributed by atoms with van der Waals surface area (Å²) in [5.74, 6) is 11.5. The van der Waals surface area contributed by atoms with E-state index in [9.17, 15) is 0 Å². The van der Waals surface area contributed by atoms with Gasteiger partial charge in [0.1, 0.15) is 0 Å². The molecule has 18 heteroatoms. The van der Waals surface area contributed by atoms with Gasteiger partial charge in [0.15, 0.2) is 0 Å². The van der Waals surface area contributed by atoms with E-state index < -0.39 is 15.3 Å². The molecule has 0 fully saturated rings. The summed E-state index contributed by atoms with van der Waals surface area (Å²) in [5, 5.41) is 47.4. The summed E-state index contributed by atoms with van der Waals surface area (Å²) < 4.78 is 0. The maximum atomic E-state index is 8.36. The zero-order valence-corrected chi connectivity index (χ0v) is 8.73. The number of nitrogens with zero attached hydrogens (tertiary/aromatic N) is 3. The number of rotatable bonds is 0. The van der Waals surface area contributed by atoms with E-state index in [-0.39, 0.29) is 12.3 Å². The maximum Gasteiger partial charge on any atom is 0.291 e. The summed E-state index contributed by atoms with van der Waals surface area (Å²) in [7, 11) is 0. The average Bonchev–Trinajstić information content (AvgIpc) is 2.07. The first-order chi connectivity index (χ1) is 7.20. The van der Waals surface area contributed by atoms with Crippen LogP contribution in [0.4, 0.5) is 0 Å². The van der Waals surface area contributed by atoms with E-state index in [1.807, 2.05) is 0 Å². The predicted molar refractivity (Wildman–Crippen MR) is 50.7 cm³/mol. The SMILES string of the molecule is N.N.NN.NO.O=[N+]([O-])O.O=[N+]([O-])O.O=[N+]([O-])O. The van der Waals surface area contributed by atoms with Gasteiger partial charge < -0.3 is 33.1 Å². The first-order valence-electron chi connectivity index (χ1n) is 2.29. The molecule has 16 N–H and O–H groups in total. The summed E-state index contributed by atoms with van der Waals surface area (Å²) in [4.78, 5) is 25.1. The van der Waals surface area contributed by atoms with Crippen molar-refractivity contribution in [2.24, 2.45) is 17.6 Å². The highest BCUT2D eigenvalue weighted by atomic mass is 16.9. The van der Waals surface area contributed by atoms with Crippen molar-refractivity contribution in [2.45, 2.75) is 0 Å². The Bertz CT molecular complexity index is 115. The van der Waals surface area contributed by atoms with Crippen molar-refractivity contribution >= 4 is 0 Å². The second kappa shape index (κ2) is 63.4. The van der Waals surface area contributed by atoms with Crippen LogP contribution >= 0.6 is 0 Å². The minimum Gasteiger partial charge on any atom is -0.344 e. The van der Waals surface area contributed by atoms with Crippen LogP contribution in [-0.2, 0) is 0 Å². The van der Waals surface area contributed by atoms with Crippen LogP contribution in [-0.4, -0.2) is 36.1 Å².